The van der Waals surface area contributed by atoms with Gasteiger partial charge in [0.25, 0.3) is 5.91 Å². The number of carbonyl (C=O) groups excluding carboxylic acids is 1. The van der Waals surface area contributed by atoms with Gasteiger partial charge in [0.05, 0.1) is 5.56 Å². The molecule has 1 N–H and O–H groups in total. The van der Waals surface area contributed by atoms with Gasteiger partial charge in [-0.2, -0.15) is 0 Å². The van der Waals surface area contributed by atoms with Gasteiger partial charge in [-0.15, -0.1) is 0 Å². The van der Waals surface area contributed by atoms with E-state index in [0.29, 0.717) is 11.9 Å². The molecule has 2 rings (SSSR count). The zero-order valence-electron chi connectivity index (χ0n) is 10.8. The molecule has 0 aliphatic heterocycles. The van der Waals surface area contributed by atoms with E-state index in [9.17, 15) is 13.6 Å². The molecule has 1 heterocycles. The summed E-state index contributed by atoms with van der Waals surface area (Å²) in [4.78, 5) is 16.0. The standard InChI is InChI=1S/C14H11BrF2N2O/c1-7-4-13(18-6-10(7)15)19-14(20)9-3-8(2)11(16)5-12(9)17/h3-6H,1-2H3,(H,18,19,20). The second-order valence-electron chi connectivity index (χ2n) is 4.35. The van der Waals surface area contributed by atoms with Crippen molar-refractivity contribution >= 4 is 27.7 Å². The van der Waals surface area contributed by atoms with Gasteiger partial charge >= 0.3 is 0 Å². The molecule has 6 heteroatoms. The molecule has 0 bridgehead atoms. The Hall–Kier alpha value is -1.82. The van der Waals surface area contributed by atoms with Crippen molar-refractivity contribution in [3.05, 3.63) is 57.2 Å². The summed E-state index contributed by atoms with van der Waals surface area (Å²) in [6.07, 6.45) is 1.54. The van der Waals surface area contributed by atoms with Gasteiger partial charge in [0.15, 0.2) is 0 Å². The molecule has 3 nitrogen and oxygen atoms in total. The van der Waals surface area contributed by atoms with Crippen molar-refractivity contribution in [3.63, 3.8) is 0 Å². The van der Waals surface area contributed by atoms with E-state index in [1.807, 2.05) is 6.92 Å². The topological polar surface area (TPSA) is 42.0 Å². The summed E-state index contributed by atoms with van der Waals surface area (Å²) >= 11 is 3.29. The summed E-state index contributed by atoms with van der Waals surface area (Å²) in [5.41, 5.74) is 0.869. The first-order valence-corrected chi connectivity index (χ1v) is 6.57. The third-order valence-electron chi connectivity index (χ3n) is 2.78. The highest BCUT2D eigenvalue weighted by Gasteiger charge is 2.15. The second kappa shape index (κ2) is 5.66. The highest BCUT2D eigenvalue weighted by molar-refractivity contribution is 9.10. The molecule has 0 atom stereocenters. The molecule has 0 aliphatic carbocycles. The Morgan fingerprint density at radius 1 is 1.15 bits per heavy atom. The molecule has 0 saturated heterocycles. The van der Waals surface area contributed by atoms with Crippen LogP contribution in [-0.4, -0.2) is 10.9 Å². The van der Waals surface area contributed by atoms with Crippen LogP contribution in [0.2, 0.25) is 0 Å². The minimum atomic E-state index is -0.903. The predicted octanol–water partition coefficient (Wildman–Crippen LogP) is 3.99. The van der Waals surface area contributed by atoms with E-state index in [1.165, 1.54) is 19.2 Å². The minimum Gasteiger partial charge on any atom is -0.306 e. The van der Waals surface area contributed by atoms with Crippen LogP contribution in [0.1, 0.15) is 21.5 Å². The first-order chi connectivity index (χ1) is 9.38. The lowest BCUT2D eigenvalue weighted by molar-refractivity contribution is 0.102. The van der Waals surface area contributed by atoms with Crippen LogP contribution in [0.25, 0.3) is 0 Å². The van der Waals surface area contributed by atoms with Crippen LogP contribution < -0.4 is 5.32 Å². The maximum Gasteiger partial charge on any atom is 0.259 e. The van der Waals surface area contributed by atoms with Gasteiger partial charge < -0.3 is 5.32 Å². The number of nitrogens with one attached hydrogen (secondary N) is 1. The van der Waals surface area contributed by atoms with Crippen LogP contribution in [0.4, 0.5) is 14.6 Å². The van der Waals surface area contributed by atoms with Crippen molar-refractivity contribution in [2.45, 2.75) is 13.8 Å². The molecule has 1 aromatic carbocycles. The molecule has 0 fully saturated rings. The Morgan fingerprint density at radius 2 is 1.85 bits per heavy atom. The fourth-order valence-electron chi connectivity index (χ4n) is 1.62. The lowest BCUT2D eigenvalue weighted by atomic mass is 10.1. The number of halogens is 3. The molecule has 2 aromatic rings. The van der Waals surface area contributed by atoms with Gasteiger partial charge in [-0.05, 0) is 53.0 Å². The number of amides is 1. The van der Waals surface area contributed by atoms with Crippen molar-refractivity contribution in [1.29, 1.82) is 0 Å². The van der Waals surface area contributed by atoms with E-state index < -0.39 is 17.5 Å². The normalized spacial score (nSPS) is 10.4. The van der Waals surface area contributed by atoms with Crippen molar-refractivity contribution in [1.82, 2.24) is 4.98 Å². The average molecular weight is 341 g/mol. The molecule has 0 unspecified atom stereocenters. The lowest BCUT2D eigenvalue weighted by Crippen LogP contribution is -2.15. The van der Waals surface area contributed by atoms with Crippen molar-refractivity contribution in [2.75, 3.05) is 5.32 Å². The Labute approximate surface area is 123 Å². The first-order valence-electron chi connectivity index (χ1n) is 5.77. The number of rotatable bonds is 2. The molecule has 104 valence electrons. The quantitative estimate of drug-likeness (QED) is 0.897. The van der Waals surface area contributed by atoms with E-state index in [1.54, 1.807) is 6.07 Å². The summed E-state index contributed by atoms with van der Waals surface area (Å²) in [7, 11) is 0. The maximum atomic E-state index is 13.6. The van der Waals surface area contributed by atoms with Gasteiger partial charge in [0, 0.05) is 16.7 Å². The fraction of sp³-hybridized carbons (Fsp3) is 0.143. The molecule has 0 aliphatic rings. The van der Waals surface area contributed by atoms with Crippen molar-refractivity contribution in [3.8, 4) is 0 Å². The van der Waals surface area contributed by atoms with Crippen LogP contribution in [0, 0.1) is 25.5 Å². The van der Waals surface area contributed by atoms with Crippen LogP contribution in [0.5, 0.6) is 0 Å². The number of aryl methyl sites for hydroxylation is 2. The van der Waals surface area contributed by atoms with Gasteiger partial charge in [-0.25, -0.2) is 13.8 Å². The fourth-order valence-corrected chi connectivity index (χ4v) is 1.84. The second-order valence-corrected chi connectivity index (χ2v) is 5.21. The SMILES string of the molecule is Cc1cc(C(=O)Nc2cc(C)c(Br)cn2)c(F)cc1F. The molecule has 0 spiro atoms. The number of hydrogen-bond donors (Lipinski definition) is 1. The van der Waals surface area contributed by atoms with E-state index in [-0.39, 0.29) is 11.1 Å². The van der Waals surface area contributed by atoms with Crippen LogP contribution >= 0.6 is 15.9 Å². The van der Waals surface area contributed by atoms with Crippen LogP contribution in [-0.2, 0) is 0 Å². The number of pyridine rings is 1. The molecule has 1 amide bonds. The van der Waals surface area contributed by atoms with Gasteiger partial charge in [0.2, 0.25) is 0 Å². The van der Waals surface area contributed by atoms with E-state index in [0.717, 1.165) is 10.0 Å². The lowest BCUT2D eigenvalue weighted by Gasteiger charge is -2.08. The Kier molecular flexibility index (Phi) is 4.13. The maximum absolute atomic E-state index is 13.6. The van der Waals surface area contributed by atoms with Gasteiger partial charge in [-0.3, -0.25) is 4.79 Å². The number of benzene rings is 1. The minimum absolute atomic E-state index is 0.205. The van der Waals surface area contributed by atoms with E-state index in [4.69, 9.17) is 0 Å². The molecular formula is C14H11BrF2N2O. The van der Waals surface area contributed by atoms with Gasteiger partial charge in [0.1, 0.15) is 17.5 Å². The van der Waals surface area contributed by atoms with Crippen molar-refractivity contribution < 1.29 is 13.6 Å². The molecule has 0 saturated carbocycles. The summed E-state index contributed by atoms with van der Waals surface area (Å²) in [5.74, 6) is -1.95. The largest absolute Gasteiger partial charge is 0.306 e. The molecule has 1 aromatic heterocycles. The number of anilines is 1. The Morgan fingerprint density at radius 3 is 2.50 bits per heavy atom. The number of nitrogens with zero attached hydrogens (tertiary/aromatic N) is 1. The monoisotopic (exact) mass is 340 g/mol. The molecule has 20 heavy (non-hydrogen) atoms. The number of carbonyl (C=O) groups is 1. The van der Waals surface area contributed by atoms with E-state index >= 15 is 0 Å². The van der Waals surface area contributed by atoms with Crippen LogP contribution in [0.3, 0.4) is 0 Å². The predicted molar refractivity (Wildman–Crippen MR) is 75.7 cm³/mol. The van der Waals surface area contributed by atoms with Crippen LogP contribution in [0.15, 0.2) is 28.9 Å². The highest BCUT2D eigenvalue weighted by Crippen LogP contribution is 2.19. The zero-order chi connectivity index (χ0) is 14.9. The van der Waals surface area contributed by atoms with Gasteiger partial charge in [-0.1, -0.05) is 0 Å². The summed E-state index contributed by atoms with van der Waals surface area (Å²) in [5, 5.41) is 2.48. The smallest absolute Gasteiger partial charge is 0.259 e. The summed E-state index contributed by atoms with van der Waals surface area (Å²) < 4.78 is 27.6. The average Bonchev–Trinajstić information content (AvgIpc) is 2.38. The number of hydrogen-bond acceptors (Lipinski definition) is 2. The zero-order valence-corrected chi connectivity index (χ0v) is 12.4. The van der Waals surface area contributed by atoms with E-state index in [2.05, 4.69) is 26.2 Å². The molecular weight excluding hydrogens is 330 g/mol. The molecule has 0 radical (unpaired) electrons. The van der Waals surface area contributed by atoms with Crippen molar-refractivity contribution in [2.24, 2.45) is 0 Å². The highest BCUT2D eigenvalue weighted by atomic mass is 79.9. The Bertz CT molecular complexity index is 689. The third-order valence-corrected chi connectivity index (χ3v) is 3.61. The Balaban J connectivity index is 2.28. The summed E-state index contributed by atoms with van der Waals surface area (Å²) in [6.45, 7) is 3.30. The summed E-state index contributed by atoms with van der Waals surface area (Å²) in [6, 6.07) is 3.52. The number of aromatic nitrogens is 1. The third kappa shape index (κ3) is 3.01. The first kappa shape index (κ1) is 14.6.